The van der Waals surface area contributed by atoms with E-state index in [1.807, 2.05) is 17.9 Å². The molecule has 4 heteroatoms. The number of nitrogens with zero attached hydrogens (tertiary/aromatic N) is 3. The Morgan fingerprint density at radius 3 is 2.79 bits per heavy atom. The molecular weight excluding hydrogens is 236 g/mol. The summed E-state index contributed by atoms with van der Waals surface area (Å²) >= 11 is 0. The van der Waals surface area contributed by atoms with E-state index in [1.54, 1.807) is 0 Å². The minimum absolute atomic E-state index is 0.564. The molecule has 4 nitrogen and oxygen atoms in total. The average molecular weight is 264 g/mol. The van der Waals surface area contributed by atoms with Crippen molar-refractivity contribution in [3.05, 3.63) is 11.9 Å². The van der Waals surface area contributed by atoms with Gasteiger partial charge in [-0.1, -0.05) is 38.8 Å². The molecule has 0 spiro atoms. The quantitative estimate of drug-likeness (QED) is 0.889. The minimum Gasteiger partial charge on any atom is -0.314 e. The van der Waals surface area contributed by atoms with Gasteiger partial charge in [0.15, 0.2) is 0 Å². The lowest BCUT2D eigenvalue weighted by molar-refractivity contribution is 0.216. The first-order chi connectivity index (χ1) is 9.11. The standard InChI is InChI=1S/C15H28N4/c1-5-12-6-7-13(9-16-11(2)3)14(8-12)15-10-17-18-19(15)4/h10-14,16H,5-9H2,1-4H3. The third-order valence-electron chi connectivity index (χ3n) is 4.60. The maximum Gasteiger partial charge on any atom is 0.0728 e. The van der Waals surface area contributed by atoms with E-state index in [1.165, 1.54) is 31.4 Å². The normalized spacial score (nSPS) is 27.9. The van der Waals surface area contributed by atoms with Crippen LogP contribution in [0.25, 0.3) is 0 Å². The lowest BCUT2D eigenvalue weighted by atomic mass is 9.72. The molecule has 0 radical (unpaired) electrons. The van der Waals surface area contributed by atoms with Gasteiger partial charge in [-0.3, -0.25) is 4.68 Å². The van der Waals surface area contributed by atoms with Gasteiger partial charge in [-0.25, -0.2) is 0 Å². The van der Waals surface area contributed by atoms with E-state index in [4.69, 9.17) is 0 Å². The van der Waals surface area contributed by atoms with Crippen LogP contribution in [-0.2, 0) is 7.05 Å². The topological polar surface area (TPSA) is 42.7 Å². The van der Waals surface area contributed by atoms with Gasteiger partial charge in [0.1, 0.15) is 0 Å². The third-order valence-corrected chi connectivity index (χ3v) is 4.60. The fourth-order valence-corrected chi connectivity index (χ4v) is 3.32. The summed E-state index contributed by atoms with van der Waals surface area (Å²) in [6.07, 6.45) is 7.26. The summed E-state index contributed by atoms with van der Waals surface area (Å²) < 4.78 is 1.96. The van der Waals surface area contributed by atoms with Crippen molar-refractivity contribution in [2.24, 2.45) is 18.9 Å². The third kappa shape index (κ3) is 3.56. The van der Waals surface area contributed by atoms with Crippen molar-refractivity contribution in [2.45, 2.75) is 58.4 Å². The van der Waals surface area contributed by atoms with Crippen molar-refractivity contribution >= 4 is 0 Å². The molecule has 0 aromatic carbocycles. The SMILES string of the molecule is CCC1CCC(CNC(C)C)C(c2cnnn2C)C1. The maximum atomic E-state index is 4.12. The zero-order valence-corrected chi connectivity index (χ0v) is 12.8. The Morgan fingerprint density at radius 1 is 1.42 bits per heavy atom. The van der Waals surface area contributed by atoms with Crippen LogP contribution >= 0.6 is 0 Å². The molecule has 0 bridgehead atoms. The van der Waals surface area contributed by atoms with Crippen molar-refractivity contribution in [2.75, 3.05) is 6.54 Å². The zero-order chi connectivity index (χ0) is 13.8. The van der Waals surface area contributed by atoms with E-state index in [2.05, 4.69) is 36.4 Å². The molecule has 3 unspecified atom stereocenters. The zero-order valence-electron chi connectivity index (χ0n) is 12.8. The monoisotopic (exact) mass is 264 g/mol. The van der Waals surface area contributed by atoms with Crippen molar-refractivity contribution in [1.29, 1.82) is 0 Å². The fraction of sp³-hybridized carbons (Fsp3) is 0.867. The van der Waals surface area contributed by atoms with Gasteiger partial charge in [-0.05, 0) is 31.2 Å². The molecule has 1 aromatic heterocycles. The van der Waals surface area contributed by atoms with Crippen LogP contribution < -0.4 is 5.32 Å². The average Bonchev–Trinajstić information content (AvgIpc) is 2.82. The molecule has 0 saturated heterocycles. The van der Waals surface area contributed by atoms with Crippen molar-refractivity contribution < 1.29 is 0 Å². The molecule has 1 fully saturated rings. The molecule has 2 rings (SSSR count). The van der Waals surface area contributed by atoms with Gasteiger partial charge in [0.2, 0.25) is 0 Å². The molecule has 1 heterocycles. The molecule has 0 amide bonds. The van der Waals surface area contributed by atoms with E-state index in [0.717, 1.165) is 18.4 Å². The second kappa shape index (κ2) is 6.51. The van der Waals surface area contributed by atoms with Crippen LogP contribution in [0.1, 0.15) is 58.1 Å². The number of rotatable bonds is 5. The van der Waals surface area contributed by atoms with Crippen LogP contribution in [-0.4, -0.2) is 27.6 Å². The fourth-order valence-electron chi connectivity index (χ4n) is 3.32. The Bertz CT molecular complexity index is 385. The van der Waals surface area contributed by atoms with Crippen LogP contribution in [0.15, 0.2) is 6.20 Å². The van der Waals surface area contributed by atoms with Crippen LogP contribution in [0, 0.1) is 11.8 Å². The Labute approximate surface area is 117 Å². The predicted molar refractivity (Wildman–Crippen MR) is 78.0 cm³/mol. The molecule has 1 saturated carbocycles. The van der Waals surface area contributed by atoms with Gasteiger partial charge in [0, 0.05) is 19.0 Å². The lowest BCUT2D eigenvalue weighted by Gasteiger charge is -2.36. The Kier molecular flexibility index (Phi) is 4.97. The van der Waals surface area contributed by atoms with Gasteiger partial charge >= 0.3 is 0 Å². The lowest BCUT2D eigenvalue weighted by Crippen LogP contribution is -2.35. The first kappa shape index (κ1) is 14.5. The largest absolute Gasteiger partial charge is 0.314 e. The molecule has 1 aliphatic carbocycles. The first-order valence-corrected chi connectivity index (χ1v) is 7.69. The van der Waals surface area contributed by atoms with Gasteiger partial charge in [0.05, 0.1) is 11.9 Å². The Balaban J connectivity index is 2.09. The summed E-state index contributed by atoms with van der Waals surface area (Å²) in [5.74, 6) is 2.21. The van der Waals surface area contributed by atoms with E-state index in [0.29, 0.717) is 12.0 Å². The number of aryl methyl sites for hydroxylation is 1. The van der Waals surface area contributed by atoms with Crippen molar-refractivity contribution in [3.63, 3.8) is 0 Å². The van der Waals surface area contributed by atoms with E-state index in [-0.39, 0.29) is 0 Å². The Hall–Kier alpha value is -0.900. The van der Waals surface area contributed by atoms with Gasteiger partial charge in [-0.2, -0.15) is 0 Å². The van der Waals surface area contributed by atoms with Crippen LogP contribution in [0.5, 0.6) is 0 Å². The highest BCUT2D eigenvalue weighted by atomic mass is 15.4. The van der Waals surface area contributed by atoms with E-state index >= 15 is 0 Å². The predicted octanol–water partition coefficient (Wildman–Crippen LogP) is 2.72. The second-order valence-electron chi connectivity index (χ2n) is 6.30. The van der Waals surface area contributed by atoms with Gasteiger partial charge < -0.3 is 5.32 Å². The molecule has 19 heavy (non-hydrogen) atoms. The number of hydrogen-bond acceptors (Lipinski definition) is 3. The van der Waals surface area contributed by atoms with Crippen molar-refractivity contribution in [1.82, 2.24) is 20.3 Å². The summed E-state index contributed by atoms with van der Waals surface area (Å²) in [4.78, 5) is 0. The smallest absolute Gasteiger partial charge is 0.0728 e. The number of hydrogen-bond donors (Lipinski definition) is 1. The van der Waals surface area contributed by atoms with Gasteiger partial charge in [0.25, 0.3) is 0 Å². The number of nitrogens with one attached hydrogen (secondary N) is 1. The molecule has 1 aliphatic rings. The van der Waals surface area contributed by atoms with Crippen LogP contribution in [0.4, 0.5) is 0 Å². The highest BCUT2D eigenvalue weighted by Crippen LogP contribution is 2.41. The van der Waals surface area contributed by atoms with E-state index in [9.17, 15) is 0 Å². The van der Waals surface area contributed by atoms with Crippen LogP contribution in [0.2, 0.25) is 0 Å². The van der Waals surface area contributed by atoms with Crippen LogP contribution in [0.3, 0.4) is 0 Å². The molecule has 3 atom stereocenters. The van der Waals surface area contributed by atoms with Gasteiger partial charge in [-0.15, -0.1) is 5.10 Å². The summed E-state index contributed by atoms with van der Waals surface area (Å²) in [6.45, 7) is 7.87. The number of aromatic nitrogens is 3. The summed E-state index contributed by atoms with van der Waals surface area (Å²) in [7, 11) is 2.02. The highest BCUT2D eigenvalue weighted by molar-refractivity contribution is 5.07. The highest BCUT2D eigenvalue weighted by Gasteiger charge is 2.32. The molecule has 1 N–H and O–H groups in total. The molecule has 108 valence electrons. The molecule has 1 aromatic rings. The molecule has 0 aliphatic heterocycles. The Morgan fingerprint density at radius 2 is 2.21 bits per heavy atom. The summed E-state index contributed by atoms with van der Waals surface area (Å²) in [6, 6.07) is 0.564. The molecular formula is C15H28N4. The van der Waals surface area contributed by atoms with E-state index < -0.39 is 0 Å². The first-order valence-electron chi connectivity index (χ1n) is 7.69. The van der Waals surface area contributed by atoms with Crippen molar-refractivity contribution in [3.8, 4) is 0 Å². The summed E-state index contributed by atoms with van der Waals surface area (Å²) in [5, 5.41) is 11.8. The summed E-state index contributed by atoms with van der Waals surface area (Å²) in [5.41, 5.74) is 1.31. The second-order valence-corrected chi connectivity index (χ2v) is 6.30. The maximum absolute atomic E-state index is 4.12. The minimum atomic E-state index is 0.564.